The third-order valence-corrected chi connectivity index (χ3v) is 3.11. The molecular formula is C13H15BrO4. The van der Waals surface area contributed by atoms with Crippen molar-refractivity contribution in [3.8, 4) is 5.75 Å². The maximum absolute atomic E-state index is 11.5. The molecule has 1 aromatic rings. The molecule has 0 amide bonds. The fraction of sp³-hybridized carbons (Fsp3) is 0.385. The van der Waals surface area contributed by atoms with Crippen LogP contribution in [0.4, 0.5) is 0 Å². The molecule has 0 unspecified atom stereocenters. The Kier molecular flexibility index (Phi) is 4.90. The maximum Gasteiger partial charge on any atom is 0.311 e. The van der Waals surface area contributed by atoms with Gasteiger partial charge in [0.2, 0.25) is 0 Å². The van der Waals surface area contributed by atoms with Gasteiger partial charge in [0.25, 0.3) is 0 Å². The van der Waals surface area contributed by atoms with Crippen molar-refractivity contribution in [1.82, 2.24) is 0 Å². The largest absolute Gasteiger partial charge is 0.481 e. The van der Waals surface area contributed by atoms with Crippen molar-refractivity contribution < 1.29 is 19.4 Å². The molecule has 0 spiro atoms. The lowest BCUT2D eigenvalue weighted by atomic mass is 9.88. The summed E-state index contributed by atoms with van der Waals surface area (Å²) in [4.78, 5) is 22.4. The van der Waals surface area contributed by atoms with Crippen LogP contribution in [0.1, 0.15) is 26.7 Å². The number of hydrogen-bond acceptors (Lipinski definition) is 3. The van der Waals surface area contributed by atoms with Crippen molar-refractivity contribution >= 4 is 27.9 Å². The number of ether oxygens (including phenoxy) is 1. The summed E-state index contributed by atoms with van der Waals surface area (Å²) in [5, 5.41) is 8.92. The van der Waals surface area contributed by atoms with Crippen molar-refractivity contribution in [3.05, 3.63) is 28.7 Å². The summed E-state index contributed by atoms with van der Waals surface area (Å²) < 4.78 is 5.99. The second-order valence-electron chi connectivity index (χ2n) is 4.62. The average Bonchev–Trinajstić information content (AvgIpc) is 2.29. The number of carbonyl (C=O) groups excluding carboxylic acids is 1. The number of carboxylic acid groups (broad SMARTS) is 1. The molecule has 0 aliphatic rings. The molecule has 0 saturated carbocycles. The van der Waals surface area contributed by atoms with Crippen LogP contribution in [0.3, 0.4) is 0 Å². The number of halogens is 1. The van der Waals surface area contributed by atoms with Gasteiger partial charge in [0.15, 0.2) is 0 Å². The van der Waals surface area contributed by atoms with Crippen LogP contribution >= 0.6 is 15.9 Å². The van der Waals surface area contributed by atoms with Gasteiger partial charge in [-0.15, -0.1) is 0 Å². The highest BCUT2D eigenvalue weighted by Crippen LogP contribution is 2.23. The van der Waals surface area contributed by atoms with E-state index >= 15 is 0 Å². The van der Waals surface area contributed by atoms with Crippen molar-refractivity contribution in [2.75, 3.05) is 0 Å². The summed E-state index contributed by atoms with van der Waals surface area (Å²) in [5.41, 5.74) is -0.918. The van der Waals surface area contributed by atoms with Gasteiger partial charge in [-0.2, -0.15) is 0 Å². The van der Waals surface area contributed by atoms with Gasteiger partial charge < -0.3 is 9.84 Å². The molecule has 18 heavy (non-hydrogen) atoms. The number of esters is 1. The van der Waals surface area contributed by atoms with Gasteiger partial charge >= 0.3 is 11.9 Å². The lowest BCUT2D eigenvalue weighted by Gasteiger charge is -2.17. The molecule has 4 nitrogen and oxygen atoms in total. The molecule has 0 heterocycles. The Labute approximate surface area is 114 Å². The maximum atomic E-state index is 11.5. The number of hydrogen-bond donors (Lipinski definition) is 1. The highest BCUT2D eigenvalue weighted by atomic mass is 79.9. The molecule has 98 valence electrons. The molecule has 0 radical (unpaired) electrons. The van der Waals surface area contributed by atoms with E-state index in [2.05, 4.69) is 15.9 Å². The van der Waals surface area contributed by atoms with Gasteiger partial charge in [-0.05, 0) is 44.5 Å². The van der Waals surface area contributed by atoms with E-state index in [1.54, 1.807) is 38.1 Å². The minimum Gasteiger partial charge on any atom is -0.481 e. The quantitative estimate of drug-likeness (QED) is 0.669. The third kappa shape index (κ3) is 4.49. The Balaban J connectivity index is 2.48. The lowest BCUT2D eigenvalue weighted by Crippen LogP contribution is -2.25. The van der Waals surface area contributed by atoms with Crippen LogP contribution < -0.4 is 4.74 Å². The van der Waals surface area contributed by atoms with Gasteiger partial charge in [-0.25, -0.2) is 0 Å². The molecule has 1 N–H and O–H groups in total. The fourth-order valence-corrected chi connectivity index (χ4v) is 1.47. The lowest BCUT2D eigenvalue weighted by molar-refractivity contribution is -0.148. The standard InChI is InChI=1S/C13H15BrO4/c1-13(2,12(16)17)8-7-11(15)18-10-5-3-9(14)4-6-10/h3-6H,7-8H2,1-2H3,(H,16,17). The van der Waals surface area contributed by atoms with Crippen molar-refractivity contribution in [1.29, 1.82) is 0 Å². The topological polar surface area (TPSA) is 63.6 Å². The van der Waals surface area contributed by atoms with Crippen LogP contribution in [0.5, 0.6) is 5.75 Å². The van der Waals surface area contributed by atoms with Crippen LogP contribution in [0.25, 0.3) is 0 Å². The summed E-state index contributed by atoms with van der Waals surface area (Å²) in [6, 6.07) is 6.88. The molecule has 0 fully saturated rings. The summed E-state index contributed by atoms with van der Waals surface area (Å²) >= 11 is 3.28. The number of benzene rings is 1. The predicted molar refractivity (Wildman–Crippen MR) is 70.4 cm³/mol. The van der Waals surface area contributed by atoms with E-state index in [0.717, 1.165) is 4.47 Å². The van der Waals surface area contributed by atoms with Gasteiger partial charge in [0.05, 0.1) is 5.41 Å². The Morgan fingerprint density at radius 2 is 1.83 bits per heavy atom. The monoisotopic (exact) mass is 314 g/mol. The number of aliphatic carboxylic acids is 1. The highest BCUT2D eigenvalue weighted by Gasteiger charge is 2.27. The van der Waals surface area contributed by atoms with E-state index in [0.29, 0.717) is 5.75 Å². The normalized spacial score (nSPS) is 11.1. The van der Waals surface area contributed by atoms with E-state index < -0.39 is 17.4 Å². The van der Waals surface area contributed by atoms with Crippen LogP contribution in [-0.4, -0.2) is 17.0 Å². The first-order valence-corrected chi connectivity index (χ1v) is 6.30. The number of rotatable bonds is 5. The van der Waals surface area contributed by atoms with Gasteiger partial charge in [0.1, 0.15) is 5.75 Å². The van der Waals surface area contributed by atoms with Crippen LogP contribution in [0, 0.1) is 5.41 Å². The molecule has 1 rings (SSSR count). The van der Waals surface area contributed by atoms with E-state index in [9.17, 15) is 9.59 Å². The zero-order valence-electron chi connectivity index (χ0n) is 10.3. The van der Waals surface area contributed by atoms with E-state index in [-0.39, 0.29) is 12.8 Å². The first-order chi connectivity index (χ1) is 8.31. The Hall–Kier alpha value is -1.36. The van der Waals surface area contributed by atoms with E-state index in [1.807, 2.05) is 0 Å². The zero-order chi connectivity index (χ0) is 13.8. The molecule has 0 aromatic heterocycles. The Morgan fingerprint density at radius 3 is 2.33 bits per heavy atom. The zero-order valence-corrected chi connectivity index (χ0v) is 11.9. The summed E-state index contributed by atoms with van der Waals surface area (Å²) in [7, 11) is 0. The molecule has 1 aromatic carbocycles. The fourth-order valence-electron chi connectivity index (χ4n) is 1.21. The smallest absolute Gasteiger partial charge is 0.311 e. The summed E-state index contributed by atoms with van der Waals surface area (Å²) in [5.74, 6) is -0.887. The molecule has 0 atom stereocenters. The molecule has 0 saturated heterocycles. The highest BCUT2D eigenvalue weighted by molar-refractivity contribution is 9.10. The minimum atomic E-state index is -0.918. The minimum absolute atomic E-state index is 0.0787. The molecular weight excluding hydrogens is 300 g/mol. The summed E-state index contributed by atoms with van der Waals surface area (Å²) in [6.45, 7) is 3.17. The Bertz CT molecular complexity index is 437. The predicted octanol–water partition coefficient (Wildman–Crippen LogP) is 3.25. The average molecular weight is 315 g/mol. The molecule has 0 aliphatic heterocycles. The molecule has 0 aliphatic carbocycles. The van der Waals surface area contributed by atoms with Crippen LogP contribution in [0.2, 0.25) is 0 Å². The molecule has 0 bridgehead atoms. The van der Waals surface area contributed by atoms with E-state index in [4.69, 9.17) is 9.84 Å². The third-order valence-electron chi connectivity index (χ3n) is 2.58. The number of carbonyl (C=O) groups is 2. The SMILES string of the molecule is CC(C)(CCC(=O)Oc1ccc(Br)cc1)C(=O)O. The number of carboxylic acids is 1. The molecule has 5 heteroatoms. The van der Waals surface area contributed by atoms with E-state index in [1.165, 1.54) is 0 Å². The van der Waals surface area contributed by atoms with Crippen molar-refractivity contribution in [2.24, 2.45) is 5.41 Å². The van der Waals surface area contributed by atoms with Gasteiger partial charge in [0, 0.05) is 10.9 Å². The Morgan fingerprint density at radius 1 is 1.28 bits per heavy atom. The van der Waals surface area contributed by atoms with Crippen LogP contribution in [0.15, 0.2) is 28.7 Å². The van der Waals surface area contributed by atoms with Crippen molar-refractivity contribution in [2.45, 2.75) is 26.7 Å². The summed E-state index contributed by atoms with van der Waals surface area (Å²) in [6.07, 6.45) is 0.326. The van der Waals surface area contributed by atoms with Gasteiger partial charge in [-0.1, -0.05) is 15.9 Å². The van der Waals surface area contributed by atoms with Gasteiger partial charge in [-0.3, -0.25) is 9.59 Å². The second-order valence-corrected chi connectivity index (χ2v) is 5.53. The van der Waals surface area contributed by atoms with Crippen LogP contribution in [-0.2, 0) is 9.59 Å². The first-order valence-electron chi connectivity index (χ1n) is 5.51. The first kappa shape index (κ1) is 14.7. The van der Waals surface area contributed by atoms with Crippen molar-refractivity contribution in [3.63, 3.8) is 0 Å². The second kappa shape index (κ2) is 6.00.